The molecule has 1 N–H and O–H groups in total. The summed E-state index contributed by atoms with van der Waals surface area (Å²) >= 11 is 0. The number of aromatic nitrogens is 1. The monoisotopic (exact) mass is 247 g/mol. The summed E-state index contributed by atoms with van der Waals surface area (Å²) in [4.78, 5) is 18.8. The molecule has 4 heteroatoms. The molecule has 0 saturated heterocycles. The zero-order chi connectivity index (χ0) is 13.0. The van der Waals surface area contributed by atoms with Gasteiger partial charge in [-0.25, -0.2) is 4.98 Å². The van der Waals surface area contributed by atoms with Crippen LogP contribution in [0.1, 0.15) is 43.0 Å². The molecule has 1 aromatic rings. The van der Waals surface area contributed by atoms with Crippen molar-refractivity contribution < 1.29 is 4.79 Å². The highest BCUT2D eigenvalue weighted by molar-refractivity contribution is 5.98. The zero-order valence-electron chi connectivity index (χ0n) is 11.1. The van der Waals surface area contributed by atoms with Gasteiger partial charge in [-0.15, -0.1) is 0 Å². The van der Waals surface area contributed by atoms with Crippen molar-refractivity contribution in [1.82, 2.24) is 9.88 Å². The maximum absolute atomic E-state index is 12.6. The van der Waals surface area contributed by atoms with Crippen molar-refractivity contribution in [3.05, 3.63) is 23.9 Å². The predicted octanol–water partition coefficient (Wildman–Crippen LogP) is 2.53. The zero-order valence-corrected chi connectivity index (χ0v) is 11.1. The Morgan fingerprint density at radius 1 is 1.50 bits per heavy atom. The molecule has 0 spiro atoms. The first-order chi connectivity index (χ1) is 8.77. The van der Waals surface area contributed by atoms with Crippen LogP contribution in [0.3, 0.4) is 0 Å². The van der Waals surface area contributed by atoms with Gasteiger partial charge >= 0.3 is 0 Å². The Morgan fingerprint density at radius 2 is 2.22 bits per heavy atom. The summed E-state index contributed by atoms with van der Waals surface area (Å²) < 4.78 is 0. The Morgan fingerprint density at radius 3 is 2.83 bits per heavy atom. The number of carbonyl (C=O) groups excluding carboxylic acids is 1. The van der Waals surface area contributed by atoms with Gasteiger partial charge in [-0.1, -0.05) is 12.8 Å². The van der Waals surface area contributed by atoms with Crippen LogP contribution in [0.4, 0.5) is 5.82 Å². The number of carbonyl (C=O) groups is 1. The summed E-state index contributed by atoms with van der Waals surface area (Å²) in [7, 11) is 1.80. The number of anilines is 1. The SMILES string of the molecule is CCN(C(=O)c1cccnc1NC)C1CCCC1. The Kier molecular flexibility index (Phi) is 4.18. The maximum Gasteiger partial charge on any atom is 0.257 e. The third kappa shape index (κ3) is 2.47. The lowest BCUT2D eigenvalue weighted by Gasteiger charge is -2.28. The van der Waals surface area contributed by atoms with Crippen molar-refractivity contribution in [3.63, 3.8) is 0 Å². The summed E-state index contributed by atoms with van der Waals surface area (Å²) in [5.41, 5.74) is 0.675. The lowest BCUT2D eigenvalue weighted by atomic mass is 10.1. The Balaban J connectivity index is 2.22. The Hall–Kier alpha value is -1.58. The molecule has 0 unspecified atom stereocenters. The number of pyridine rings is 1. The molecular formula is C14H21N3O. The molecule has 0 aromatic carbocycles. The summed E-state index contributed by atoms with van der Waals surface area (Å²) in [5, 5.41) is 2.99. The standard InChI is InChI=1S/C14H21N3O/c1-3-17(11-7-4-5-8-11)14(18)12-9-6-10-16-13(12)15-2/h6,9-11H,3-5,7-8H2,1-2H3,(H,15,16). The lowest BCUT2D eigenvalue weighted by Crippen LogP contribution is -2.39. The van der Waals surface area contributed by atoms with Crippen molar-refractivity contribution in [2.75, 3.05) is 18.9 Å². The van der Waals surface area contributed by atoms with E-state index in [-0.39, 0.29) is 5.91 Å². The molecule has 1 aromatic heterocycles. The van der Waals surface area contributed by atoms with E-state index in [1.807, 2.05) is 24.0 Å². The number of rotatable bonds is 4. The predicted molar refractivity (Wildman–Crippen MR) is 72.8 cm³/mol. The van der Waals surface area contributed by atoms with Crippen molar-refractivity contribution in [2.24, 2.45) is 0 Å². The second-order valence-electron chi connectivity index (χ2n) is 4.68. The van der Waals surface area contributed by atoms with Crippen LogP contribution < -0.4 is 5.32 Å². The van der Waals surface area contributed by atoms with Crippen LogP contribution in [0.5, 0.6) is 0 Å². The van der Waals surface area contributed by atoms with Gasteiger partial charge in [0.1, 0.15) is 5.82 Å². The van der Waals surface area contributed by atoms with Crippen molar-refractivity contribution in [2.45, 2.75) is 38.6 Å². The number of amides is 1. The summed E-state index contributed by atoms with van der Waals surface area (Å²) in [5.74, 6) is 0.765. The molecule has 1 fully saturated rings. The van der Waals surface area contributed by atoms with Crippen LogP contribution in [0.15, 0.2) is 18.3 Å². The van der Waals surface area contributed by atoms with Crippen LogP contribution >= 0.6 is 0 Å². The molecule has 18 heavy (non-hydrogen) atoms. The Bertz CT molecular complexity index is 413. The minimum absolute atomic E-state index is 0.0989. The second kappa shape index (κ2) is 5.85. The van der Waals surface area contributed by atoms with Crippen molar-refractivity contribution in [1.29, 1.82) is 0 Å². The third-order valence-electron chi connectivity index (χ3n) is 3.64. The molecule has 1 saturated carbocycles. The molecule has 2 rings (SSSR count). The first-order valence-corrected chi connectivity index (χ1v) is 6.71. The van der Waals surface area contributed by atoms with Crippen LogP contribution in [0.2, 0.25) is 0 Å². The second-order valence-corrected chi connectivity index (χ2v) is 4.68. The van der Waals surface area contributed by atoms with Crippen molar-refractivity contribution >= 4 is 11.7 Å². The molecule has 4 nitrogen and oxygen atoms in total. The molecule has 1 aliphatic rings. The Labute approximate surface area is 108 Å². The van der Waals surface area contributed by atoms with E-state index >= 15 is 0 Å². The minimum Gasteiger partial charge on any atom is -0.372 e. The summed E-state index contributed by atoms with van der Waals surface area (Å²) in [6.07, 6.45) is 6.44. The van der Waals surface area contributed by atoms with Gasteiger partial charge in [-0.2, -0.15) is 0 Å². The molecule has 0 atom stereocenters. The van der Waals surface area contributed by atoms with Gasteiger partial charge < -0.3 is 10.2 Å². The van der Waals surface area contributed by atoms with E-state index in [0.717, 1.165) is 19.4 Å². The smallest absolute Gasteiger partial charge is 0.257 e. The quantitative estimate of drug-likeness (QED) is 0.889. The van der Waals surface area contributed by atoms with Gasteiger partial charge in [-0.05, 0) is 31.9 Å². The van der Waals surface area contributed by atoms with E-state index in [4.69, 9.17) is 0 Å². The molecule has 0 radical (unpaired) electrons. The van der Waals surface area contributed by atoms with Crippen molar-refractivity contribution in [3.8, 4) is 0 Å². The average molecular weight is 247 g/mol. The molecule has 1 heterocycles. The van der Waals surface area contributed by atoms with E-state index in [1.54, 1.807) is 13.2 Å². The van der Waals surface area contributed by atoms with Crippen LogP contribution in [0, 0.1) is 0 Å². The normalized spacial score (nSPS) is 15.7. The fourth-order valence-corrected chi connectivity index (χ4v) is 2.72. The summed E-state index contributed by atoms with van der Waals surface area (Å²) in [6, 6.07) is 4.07. The molecule has 0 bridgehead atoms. The first kappa shape index (κ1) is 12.9. The first-order valence-electron chi connectivity index (χ1n) is 6.71. The maximum atomic E-state index is 12.6. The number of hydrogen-bond donors (Lipinski definition) is 1. The molecule has 1 amide bonds. The highest BCUT2D eigenvalue weighted by Gasteiger charge is 2.27. The van der Waals surface area contributed by atoms with Gasteiger partial charge in [0, 0.05) is 25.8 Å². The van der Waals surface area contributed by atoms with Crippen LogP contribution in [0.25, 0.3) is 0 Å². The lowest BCUT2D eigenvalue weighted by molar-refractivity contribution is 0.0694. The fraction of sp³-hybridized carbons (Fsp3) is 0.571. The molecule has 98 valence electrons. The molecule has 1 aliphatic carbocycles. The van der Waals surface area contributed by atoms with Gasteiger partial charge in [0.25, 0.3) is 5.91 Å². The van der Waals surface area contributed by atoms with Gasteiger partial charge in [0.05, 0.1) is 5.56 Å². The van der Waals surface area contributed by atoms with Gasteiger partial charge in [0.2, 0.25) is 0 Å². The topological polar surface area (TPSA) is 45.2 Å². The average Bonchev–Trinajstić information content (AvgIpc) is 2.93. The van der Waals surface area contributed by atoms with Crippen LogP contribution in [-0.4, -0.2) is 35.4 Å². The molecular weight excluding hydrogens is 226 g/mol. The van der Waals surface area contributed by atoms with Gasteiger partial charge in [-0.3, -0.25) is 4.79 Å². The van der Waals surface area contributed by atoms with Crippen LogP contribution in [-0.2, 0) is 0 Å². The minimum atomic E-state index is 0.0989. The van der Waals surface area contributed by atoms with E-state index in [1.165, 1.54) is 12.8 Å². The summed E-state index contributed by atoms with van der Waals surface area (Å²) in [6.45, 7) is 2.81. The number of nitrogens with one attached hydrogen (secondary N) is 1. The number of nitrogens with zero attached hydrogens (tertiary/aromatic N) is 2. The van der Waals surface area contributed by atoms with E-state index in [9.17, 15) is 4.79 Å². The highest BCUT2D eigenvalue weighted by Crippen LogP contribution is 2.25. The van der Waals surface area contributed by atoms with E-state index in [2.05, 4.69) is 10.3 Å². The largest absolute Gasteiger partial charge is 0.372 e. The molecule has 0 aliphatic heterocycles. The van der Waals surface area contributed by atoms with Gasteiger partial charge in [0.15, 0.2) is 0 Å². The van der Waals surface area contributed by atoms with E-state index < -0.39 is 0 Å². The van der Waals surface area contributed by atoms with E-state index in [0.29, 0.717) is 17.4 Å². The highest BCUT2D eigenvalue weighted by atomic mass is 16.2. The number of hydrogen-bond acceptors (Lipinski definition) is 3. The third-order valence-corrected chi connectivity index (χ3v) is 3.64. The fourth-order valence-electron chi connectivity index (χ4n) is 2.72.